The summed E-state index contributed by atoms with van der Waals surface area (Å²) in [5.41, 5.74) is 1.21. The van der Waals surface area contributed by atoms with Gasteiger partial charge in [0.05, 0.1) is 50.1 Å². The Bertz CT molecular complexity index is 1510. The van der Waals surface area contributed by atoms with Crippen LogP contribution >= 0.6 is 0 Å². The number of anilines is 1. The molecule has 0 unspecified atom stereocenters. The van der Waals surface area contributed by atoms with Gasteiger partial charge in [0.25, 0.3) is 17.7 Å². The van der Waals surface area contributed by atoms with E-state index in [0.717, 1.165) is 4.90 Å². The Morgan fingerprint density at radius 2 is 1.40 bits per heavy atom. The summed E-state index contributed by atoms with van der Waals surface area (Å²) in [6.07, 6.45) is -0.226. The lowest BCUT2D eigenvalue weighted by molar-refractivity contribution is -0.143. The molecule has 0 bridgehead atoms. The molecule has 0 aliphatic carbocycles. The van der Waals surface area contributed by atoms with E-state index in [1.165, 1.54) is 19.1 Å². The standard InChI is InChI=1S/C34H38N2O7/c1-8-43-28(37)20-25(24-17-11-12-18-26(24)41-6)35(29-21(2)14-13-19-27(29)42-7)33(40)30(34(3,4)5)36-31(38)22-15-9-10-16-23(22)32(36)39/h9-19,25,30H,8,20H2,1-7H3/t25-,30+/m0/s1. The van der Waals surface area contributed by atoms with Gasteiger partial charge in [-0.25, -0.2) is 0 Å². The number of amides is 3. The number of aryl methyl sites for hydroxylation is 1. The molecular weight excluding hydrogens is 548 g/mol. The zero-order valence-corrected chi connectivity index (χ0v) is 25.7. The lowest BCUT2D eigenvalue weighted by atomic mass is 9.83. The number of carbonyl (C=O) groups excluding carboxylic acids is 4. The number of carbonyl (C=O) groups is 4. The van der Waals surface area contributed by atoms with E-state index < -0.39 is 41.2 Å². The molecule has 43 heavy (non-hydrogen) atoms. The highest BCUT2D eigenvalue weighted by Gasteiger charge is 2.50. The van der Waals surface area contributed by atoms with Crippen molar-refractivity contribution < 1.29 is 33.4 Å². The Morgan fingerprint density at radius 1 is 0.837 bits per heavy atom. The van der Waals surface area contributed by atoms with Crippen LogP contribution in [0.4, 0.5) is 5.69 Å². The highest BCUT2D eigenvalue weighted by Crippen LogP contribution is 2.44. The van der Waals surface area contributed by atoms with Crippen LogP contribution in [0.5, 0.6) is 11.5 Å². The summed E-state index contributed by atoms with van der Waals surface area (Å²) in [6.45, 7) is 9.09. The molecule has 9 heteroatoms. The zero-order valence-electron chi connectivity index (χ0n) is 25.7. The number of methoxy groups -OCH3 is 2. The molecular formula is C34H38N2O7. The second kappa shape index (κ2) is 12.7. The van der Waals surface area contributed by atoms with Crippen molar-refractivity contribution in [1.29, 1.82) is 0 Å². The van der Waals surface area contributed by atoms with Gasteiger partial charge in [0.15, 0.2) is 0 Å². The van der Waals surface area contributed by atoms with Crippen LogP contribution in [-0.2, 0) is 14.3 Å². The van der Waals surface area contributed by atoms with Crippen molar-refractivity contribution in [2.24, 2.45) is 5.41 Å². The predicted molar refractivity (Wildman–Crippen MR) is 162 cm³/mol. The Morgan fingerprint density at radius 3 is 1.95 bits per heavy atom. The number of ether oxygens (including phenoxy) is 3. The van der Waals surface area contributed by atoms with Crippen LogP contribution in [0.2, 0.25) is 0 Å². The third-order valence-corrected chi connectivity index (χ3v) is 7.51. The van der Waals surface area contributed by atoms with Crippen LogP contribution < -0.4 is 14.4 Å². The molecule has 1 aliphatic rings. The summed E-state index contributed by atoms with van der Waals surface area (Å²) >= 11 is 0. The zero-order chi connectivity index (χ0) is 31.5. The van der Waals surface area contributed by atoms with Gasteiger partial charge in [-0.1, -0.05) is 63.2 Å². The highest BCUT2D eigenvalue weighted by molar-refractivity contribution is 6.23. The van der Waals surface area contributed by atoms with Gasteiger partial charge in [-0.05, 0) is 49.1 Å². The summed E-state index contributed by atoms with van der Waals surface area (Å²) < 4.78 is 16.8. The number of esters is 1. The molecule has 0 N–H and O–H groups in total. The average molecular weight is 587 g/mol. The van der Waals surface area contributed by atoms with Crippen LogP contribution in [0.3, 0.4) is 0 Å². The van der Waals surface area contributed by atoms with Crippen molar-refractivity contribution in [1.82, 2.24) is 4.90 Å². The number of hydrogen-bond donors (Lipinski definition) is 0. The van der Waals surface area contributed by atoms with E-state index in [2.05, 4.69) is 0 Å². The minimum Gasteiger partial charge on any atom is -0.496 e. The van der Waals surface area contributed by atoms with Crippen molar-refractivity contribution in [3.63, 3.8) is 0 Å². The maximum absolute atomic E-state index is 15.2. The van der Waals surface area contributed by atoms with Gasteiger partial charge in [-0.3, -0.25) is 29.0 Å². The summed E-state index contributed by atoms with van der Waals surface area (Å²) in [4.78, 5) is 58.4. The SMILES string of the molecule is CCOC(=O)C[C@@H](c1ccccc1OC)N(C(=O)[C@@H](N1C(=O)c2ccccc2C1=O)C(C)(C)C)c1c(C)cccc1OC. The quantitative estimate of drug-likeness (QED) is 0.220. The Balaban J connectivity index is 2.01. The molecule has 3 aromatic rings. The summed E-state index contributed by atoms with van der Waals surface area (Å²) in [5, 5.41) is 0. The maximum Gasteiger partial charge on any atom is 0.308 e. The number of benzene rings is 3. The maximum atomic E-state index is 15.2. The Kier molecular flexibility index (Phi) is 9.23. The van der Waals surface area contributed by atoms with Gasteiger partial charge in [0.2, 0.25) is 0 Å². The van der Waals surface area contributed by atoms with Crippen LogP contribution in [0.15, 0.2) is 66.7 Å². The van der Waals surface area contributed by atoms with Crippen molar-refractivity contribution >= 4 is 29.4 Å². The van der Waals surface area contributed by atoms with Crippen molar-refractivity contribution in [3.05, 3.63) is 89.0 Å². The van der Waals surface area contributed by atoms with Crippen molar-refractivity contribution in [3.8, 4) is 11.5 Å². The molecule has 3 aromatic carbocycles. The molecule has 3 amide bonds. The summed E-state index contributed by atoms with van der Waals surface area (Å²) in [7, 11) is 3.01. The number of para-hydroxylation sites is 2. The molecule has 0 saturated heterocycles. The number of fused-ring (bicyclic) bond motifs is 1. The van der Waals surface area contributed by atoms with Gasteiger partial charge in [0.1, 0.15) is 17.5 Å². The van der Waals surface area contributed by atoms with Gasteiger partial charge in [-0.2, -0.15) is 0 Å². The molecule has 0 fully saturated rings. The molecule has 4 rings (SSSR count). The fourth-order valence-corrected chi connectivity index (χ4v) is 5.63. The van der Waals surface area contributed by atoms with E-state index in [4.69, 9.17) is 14.2 Å². The lowest BCUT2D eigenvalue weighted by Gasteiger charge is -2.42. The lowest BCUT2D eigenvalue weighted by Crippen LogP contribution is -2.57. The first-order valence-corrected chi connectivity index (χ1v) is 14.2. The molecule has 0 spiro atoms. The molecule has 226 valence electrons. The first-order valence-electron chi connectivity index (χ1n) is 14.2. The molecule has 0 radical (unpaired) electrons. The van der Waals surface area contributed by atoms with E-state index in [9.17, 15) is 14.4 Å². The smallest absolute Gasteiger partial charge is 0.308 e. The largest absolute Gasteiger partial charge is 0.496 e. The predicted octanol–water partition coefficient (Wildman–Crippen LogP) is 5.75. The van der Waals surface area contributed by atoms with E-state index >= 15 is 4.79 Å². The van der Waals surface area contributed by atoms with Crippen LogP contribution in [0, 0.1) is 12.3 Å². The van der Waals surface area contributed by atoms with E-state index in [1.54, 1.807) is 88.4 Å². The minimum absolute atomic E-state index is 0.152. The highest BCUT2D eigenvalue weighted by atomic mass is 16.5. The fourth-order valence-electron chi connectivity index (χ4n) is 5.63. The summed E-state index contributed by atoms with van der Waals surface area (Å²) in [5.74, 6) is -1.36. The Labute approximate surface area is 252 Å². The average Bonchev–Trinajstić information content (AvgIpc) is 3.22. The molecule has 9 nitrogen and oxygen atoms in total. The van der Waals surface area contributed by atoms with E-state index in [-0.39, 0.29) is 24.2 Å². The topological polar surface area (TPSA) is 102 Å². The van der Waals surface area contributed by atoms with E-state index in [1.807, 2.05) is 13.0 Å². The number of nitrogens with zero attached hydrogens (tertiary/aromatic N) is 2. The molecule has 1 aliphatic heterocycles. The Hall–Kier alpha value is -4.66. The second-order valence-corrected chi connectivity index (χ2v) is 11.4. The van der Waals surface area contributed by atoms with E-state index in [0.29, 0.717) is 28.3 Å². The number of hydrogen-bond acceptors (Lipinski definition) is 7. The van der Waals surface area contributed by atoms with Gasteiger partial charge in [0, 0.05) is 5.56 Å². The normalized spacial score (nSPS) is 14.2. The molecule has 1 heterocycles. The van der Waals surface area contributed by atoms with Crippen molar-refractivity contribution in [2.45, 2.75) is 53.1 Å². The van der Waals surface area contributed by atoms with Crippen LogP contribution in [-0.4, -0.2) is 55.5 Å². The monoisotopic (exact) mass is 586 g/mol. The number of imide groups is 1. The fraction of sp³-hybridized carbons (Fsp3) is 0.353. The van der Waals surface area contributed by atoms with Gasteiger partial charge >= 0.3 is 5.97 Å². The van der Waals surface area contributed by atoms with Gasteiger partial charge < -0.3 is 14.2 Å². The summed E-state index contributed by atoms with van der Waals surface area (Å²) in [6, 6.07) is 16.8. The molecule has 0 aromatic heterocycles. The molecule has 0 saturated carbocycles. The third-order valence-electron chi connectivity index (χ3n) is 7.51. The first kappa shape index (κ1) is 31.3. The van der Waals surface area contributed by atoms with Gasteiger partial charge in [-0.15, -0.1) is 0 Å². The van der Waals surface area contributed by atoms with Crippen LogP contribution in [0.1, 0.15) is 72.0 Å². The van der Waals surface area contributed by atoms with Crippen molar-refractivity contribution in [2.75, 3.05) is 25.7 Å². The minimum atomic E-state index is -1.25. The third kappa shape index (κ3) is 5.98. The first-order chi connectivity index (χ1) is 20.5. The molecule has 2 atom stereocenters. The second-order valence-electron chi connectivity index (χ2n) is 11.4. The van der Waals surface area contributed by atoms with Crippen LogP contribution in [0.25, 0.3) is 0 Å². The number of rotatable bonds is 10.